The number of rotatable bonds is 4. The number of nitrogens with zero attached hydrogens (tertiary/aromatic N) is 4. The molecule has 3 rings (SSSR count). The van der Waals surface area contributed by atoms with Crippen LogP contribution in [0.5, 0.6) is 0 Å². The summed E-state index contributed by atoms with van der Waals surface area (Å²) in [4.78, 5) is 40.4. The van der Waals surface area contributed by atoms with Crippen LogP contribution in [0.25, 0.3) is 11.0 Å². The minimum atomic E-state index is -0.346. The number of fused-ring (bicyclic) bond motifs is 1. The zero-order chi connectivity index (χ0) is 18.7. The Bertz CT molecular complexity index is 862. The van der Waals surface area contributed by atoms with Gasteiger partial charge in [0.2, 0.25) is 5.91 Å². The van der Waals surface area contributed by atoms with Gasteiger partial charge in [-0.1, -0.05) is 12.1 Å². The summed E-state index contributed by atoms with van der Waals surface area (Å²) < 4.78 is 8.18. The van der Waals surface area contributed by atoms with Crippen molar-refractivity contribution < 1.29 is 14.3 Å². The number of piperazine rings is 1. The SMILES string of the molecule is CCOC(=O)N1CCN(C(=O)Cn2c(=O)n(CC)c3ccccc32)CC1. The van der Waals surface area contributed by atoms with Crippen molar-refractivity contribution in [2.24, 2.45) is 0 Å². The van der Waals surface area contributed by atoms with E-state index in [1.54, 1.807) is 21.3 Å². The number of benzene rings is 1. The lowest BCUT2D eigenvalue weighted by Crippen LogP contribution is -2.51. The quantitative estimate of drug-likeness (QED) is 0.819. The smallest absolute Gasteiger partial charge is 0.409 e. The van der Waals surface area contributed by atoms with E-state index in [9.17, 15) is 14.4 Å². The molecule has 26 heavy (non-hydrogen) atoms. The first-order chi connectivity index (χ1) is 12.6. The molecule has 0 atom stereocenters. The molecule has 8 nitrogen and oxygen atoms in total. The molecular weight excluding hydrogens is 336 g/mol. The van der Waals surface area contributed by atoms with E-state index in [1.807, 2.05) is 31.2 Å². The van der Waals surface area contributed by atoms with Crippen LogP contribution in [0.3, 0.4) is 0 Å². The minimum absolute atomic E-state index is 0.00571. The van der Waals surface area contributed by atoms with E-state index in [4.69, 9.17) is 4.74 Å². The van der Waals surface area contributed by atoms with Crippen LogP contribution in [0.2, 0.25) is 0 Å². The van der Waals surface area contributed by atoms with Gasteiger partial charge in [-0.15, -0.1) is 0 Å². The molecule has 0 N–H and O–H groups in total. The Hall–Kier alpha value is -2.77. The molecule has 2 heterocycles. The average Bonchev–Trinajstić information content (AvgIpc) is 2.93. The molecule has 1 aromatic carbocycles. The lowest BCUT2D eigenvalue weighted by molar-refractivity contribution is -0.133. The first-order valence-electron chi connectivity index (χ1n) is 8.94. The molecule has 0 radical (unpaired) electrons. The van der Waals surface area contributed by atoms with Crippen molar-refractivity contribution in [3.8, 4) is 0 Å². The number of para-hydroxylation sites is 2. The normalized spacial score (nSPS) is 14.7. The van der Waals surface area contributed by atoms with Crippen LogP contribution < -0.4 is 5.69 Å². The van der Waals surface area contributed by atoms with Crippen molar-refractivity contribution >= 4 is 23.0 Å². The highest BCUT2D eigenvalue weighted by atomic mass is 16.6. The van der Waals surface area contributed by atoms with Crippen molar-refractivity contribution in [2.45, 2.75) is 26.9 Å². The Kier molecular flexibility index (Phi) is 5.29. The van der Waals surface area contributed by atoms with E-state index in [1.165, 1.54) is 4.57 Å². The van der Waals surface area contributed by atoms with E-state index in [0.717, 1.165) is 11.0 Å². The summed E-state index contributed by atoms with van der Waals surface area (Å²) in [6, 6.07) is 7.49. The molecule has 0 aliphatic carbocycles. The number of hydrogen-bond donors (Lipinski definition) is 0. The molecule has 2 amide bonds. The molecule has 1 aromatic heterocycles. The molecule has 1 fully saturated rings. The number of imidazole rings is 1. The molecule has 0 spiro atoms. The summed E-state index contributed by atoms with van der Waals surface area (Å²) in [5.41, 5.74) is 1.42. The van der Waals surface area contributed by atoms with Gasteiger partial charge in [-0.3, -0.25) is 13.9 Å². The van der Waals surface area contributed by atoms with E-state index in [-0.39, 0.29) is 24.2 Å². The van der Waals surface area contributed by atoms with Gasteiger partial charge in [0.1, 0.15) is 6.54 Å². The van der Waals surface area contributed by atoms with Crippen LogP contribution in [-0.2, 0) is 22.6 Å². The zero-order valence-electron chi connectivity index (χ0n) is 15.2. The van der Waals surface area contributed by atoms with Crippen LogP contribution in [0.1, 0.15) is 13.8 Å². The van der Waals surface area contributed by atoms with Gasteiger partial charge in [0.25, 0.3) is 0 Å². The third-order valence-corrected chi connectivity index (χ3v) is 4.69. The van der Waals surface area contributed by atoms with Gasteiger partial charge in [-0.05, 0) is 26.0 Å². The second-order valence-electron chi connectivity index (χ2n) is 6.17. The third kappa shape index (κ3) is 3.31. The maximum absolute atomic E-state index is 12.7. The number of aromatic nitrogens is 2. The predicted molar refractivity (Wildman–Crippen MR) is 97.0 cm³/mol. The number of amides is 2. The second kappa shape index (κ2) is 7.63. The topological polar surface area (TPSA) is 76.8 Å². The van der Waals surface area contributed by atoms with Crippen molar-refractivity contribution in [3.63, 3.8) is 0 Å². The molecule has 0 saturated carbocycles. The van der Waals surface area contributed by atoms with Gasteiger partial charge in [0.15, 0.2) is 0 Å². The molecular formula is C18H24N4O4. The maximum Gasteiger partial charge on any atom is 0.409 e. The Morgan fingerprint density at radius 2 is 1.54 bits per heavy atom. The Morgan fingerprint density at radius 3 is 2.12 bits per heavy atom. The highest BCUT2D eigenvalue weighted by Crippen LogP contribution is 2.13. The number of carbonyl (C=O) groups is 2. The summed E-state index contributed by atoms with van der Waals surface area (Å²) >= 11 is 0. The van der Waals surface area contributed by atoms with Crippen LogP contribution in [0, 0.1) is 0 Å². The minimum Gasteiger partial charge on any atom is -0.450 e. The largest absolute Gasteiger partial charge is 0.450 e. The second-order valence-corrected chi connectivity index (χ2v) is 6.17. The molecule has 0 bridgehead atoms. The van der Waals surface area contributed by atoms with E-state index in [2.05, 4.69) is 0 Å². The van der Waals surface area contributed by atoms with Gasteiger partial charge in [-0.2, -0.15) is 0 Å². The lowest BCUT2D eigenvalue weighted by Gasteiger charge is -2.34. The van der Waals surface area contributed by atoms with Gasteiger partial charge in [0.05, 0.1) is 17.6 Å². The average molecular weight is 360 g/mol. The molecule has 8 heteroatoms. The van der Waals surface area contributed by atoms with Crippen LogP contribution in [-0.4, -0.2) is 63.7 Å². The van der Waals surface area contributed by atoms with Crippen LogP contribution in [0.15, 0.2) is 29.1 Å². The monoisotopic (exact) mass is 360 g/mol. The fraction of sp³-hybridized carbons (Fsp3) is 0.500. The fourth-order valence-corrected chi connectivity index (χ4v) is 3.32. The molecule has 1 saturated heterocycles. The Morgan fingerprint density at radius 1 is 0.962 bits per heavy atom. The third-order valence-electron chi connectivity index (χ3n) is 4.69. The van der Waals surface area contributed by atoms with Gasteiger partial charge in [-0.25, -0.2) is 9.59 Å². The molecule has 140 valence electrons. The Balaban J connectivity index is 1.72. The van der Waals surface area contributed by atoms with Gasteiger partial charge in [0, 0.05) is 32.7 Å². The first-order valence-corrected chi connectivity index (χ1v) is 8.94. The summed E-state index contributed by atoms with van der Waals surface area (Å²) in [5.74, 6) is -0.116. The lowest BCUT2D eigenvalue weighted by atomic mass is 10.3. The summed E-state index contributed by atoms with van der Waals surface area (Å²) in [5, 5.41) is 0. The van der Waals surface area contributed by atoms with Crippen molar-refractivity contribution in [3.05, 3.63) is 34.7 Å². The van der Waals surface area contributed by atoms with E-state index in [0.29, 0.717) is 39.3 Å². The summed E-state index contributed by atoms with van der Waals surface area (Å²) in [7, 11) is 0. The number of hydrogen-bond acceptors (Lipinski definition) is 4. The molecule has 2 aromatic rings. The molecule has 1 aliphatic rings. The number of carbonyl (C=O) groups excluding carboxylic acids is 2. The standard InChI is InChI=1S/C18H24N4O4/c1-3-21-14-7-5-6-8-15(14)22(17(21)24)13-16(23)19-9-11-20(12-10-19)18(25)26-4-2/h5-8H,3-4,9-13H2,1-2H3. The van der Waals surface area contributed by atoms with Crippen LogP contribution >= 0.6 is 0 Å². The molecule has 1 aliphatic heterocycles. The fourth-order valence-electron chi connectivity index (χ4n) is 3.32. The van der Waals surface area contributed by atoms with E-state index >= 15 is 0 Å². The van der Waals surface area contributed by atoms with E-state index < -0.39 is 0 Å². The number of aryl methyl sites for hydroxylation is 1. The van der Waals surface area contributed by atoms with Crippen LogP contribution in [0.4, 0.5) is 4.79 Å². The summed E-state index contributed by atoms with van der Waals surface area (Å²) in [6.07, 6.45) is -0.346. The van der Waals surface area contributed by atoms with Gasteiger partial charge < -0.3 is 14.5 Å². The molecule has 0 unspecified atom stereocenters. The van der Waals surface area contributed by atoms with Crippen molar-refractivity contribution in [2.75, 3.05) is 32.8 Å². The summed E-state index contributed by atoms with van der Waals surface area (Å²) in [6.45, 7) is 6.34. The van der Waals surface area contributed by atoms with Crippen molar-refractivity contribution in [1.29, 1.82) is 0 Å². The van der Waals surface area contributed by atoms with Gasteiger partial charge >= 0.3 is 11.8 Å². The first kappa shape index (κ1) is 18.0. The predicted octanol–water partition coefficient (Wildman–Crippen LogP) is 1.12. The number of ether oxygens (including phenoxy) is 1. The van der Waals surface area contributed by atoms with Crippen molar-refractivity contribution in [1.82, 2.24) is 18.9 Å². The maximum atomic E-state index is 12.7. The zero-order valence-corrected chi connectivity index (χ0v) is 15.2. The highest BCUT2D eigenvalue weighted by molar-refractivity contribution is 5.81. The highest BCUT2D eigenvalue weighted by Gasteiger charge is 2.25. The Labute approximate surface area is 151 Å².